The first-order chi connectivity index (χ1) is 10.2. The fourth-order valence-corrected chi connectivity index (χ4v) is 2.44. The van der Waals surface area contributed by atoms with Crippen LogP contribution in [0.5, 0.6) is 5.75 Å². The molecule has 0 aliphatic heterocycles. The quantitative estimate of drug-likeness (QED) is 0.879. The Morgan fingerprint density at radius 3 is 2.81 bits per heavy atom. The molecule has 1 saturated carbocycles. The summed E-state index contributed by atoms with van der Waals surface area (Å²) in [7, 11) is 0. The maximum absolute atomic E-state index is 6.30. The van der Waals surface area contributed by atoms with Gasteiger partial charge in [0.1, 0.15) is 12.4 Å². The second kappa shape index (κ2) is 6.46. The van der Waals surface area contributed by atoms with Gasteiger partial charge in [-0.15, -0.1) is 0 Å². The summed E-state index contributed by atoms with van der Waals surface area (Å²) >= 11 is 6.30. The van der Waals surface area contributed by atoms with Gasteiger partial charge in [-0.3, -0.25) is 4.98 Å². The molecule has 3 rings (SSSR count). The molecule has 0 unspecified atom stereocenters. The molecule has 4 heteroatoms. The number of aryl methyl sites for hydroxylation is 1. The van der Waals surface area contributed by atoms with Gasteiger partial charge in [0, 0.05) is 28.9 Å². The molecule has 1 fully saturated rings. The molecule has 1 heterocycles. The first-order valence-electron chi connectivity index (χ1n) is 7.28. The highest BCUT2D eigenvalue weighted by atomic mass is 35.5. The van der Waals surface area contributed by atoms with Crippen LogP contribution in [-0.4, -0.2) is 11.0 Å². The standard InChI is InChI=1S/C17H19ClN2O/c1-12-4-2-5-14(20-12)11-21-17-7-3-6-16(18)15(17)10-19-13-8-9-13/h2-7,13,19H,8-11H2,1H3. The first kappa shape index (κ1) is 14.4. The molecule has 21 heavy (non-hydrogen) atoms. The van der Waals surface area contributed by atoms with Crippen LogP contribution >= 0.6 is 11.6 Å². The number of hydrogen-bond acceptors (Lipinski definition) is 3. The molecule has 1 aromatic carbocycles. The van der Waals surface area contributed by atoms with Crippen LogP contribution in [0.2, 0.25) is 5.02 Å². The summed E-state index contributed by atoms with van der Waals surface area (Å²) in [4.78, 5) is 4.45. The third-order valence-electron chi connectivity index (χ3n) is 3.54. The van der Waals surface area contributed by atoms with Crippen LogP contribution in [0.15, 0.2) is 36.4 Å². The average molecular weight is 303 g/mol. The second-order valence-electron chi connectivity index (χ2n) is 5.43. The van der Waals surface area contributed by atoms with Crippen molar-refractivity contribution in [3.63, 3.8) is 0 Å². The smallest absolute Gasteiger partial charge is 0.130 e. The van der Waals surface area contributed by atoms with E-state index in [2.05, 4.69) is 10.3 Å². The average Bonchev–Trinajstić information content (AvgIpc) is 3.28. The Balaban J connectivity index is 1.70. The third-order valence-corrected chi connectivity index (χ3v) is 3.90. The van der Waals surface area contributed by atoms with E-state index < -0.39 is 0 Å². The van der Waals surface area contributed by atoms with E-state index in [1.807, 2.05) is 43.3 Å². The molecular formula is C17H19ClN2O. The fraction of sp³-hybridized carbons (Fsp3) is 0.353. The van der Waals surface area contributed by atoms with Crippen molar-refractivity contribution in [3.05, 3.63) is 58.4 Å². The number of halogens is 1. The van der Waals surface area contributed by atoms with Crippen molar-refractivity contribution < 1.29 is 4.74 Å². The van der Waals surface area contributed by atoms with E-state index in [0.29, 0.717) is 12.6 Å². The summed E-state index contributed by atoms with van der Waals surface area (Å²) in [5, 5.41) is 4.23. The summed E-state index contributed by atoms with van der Waals surface area (Å²) in [5.74, 6) is 0.832. The minimum Gasteiger partial charge on any atom is -0.487 e. The van der Waals surface area contributed by atoms with Gasteiger partial charge in [-0.05, 0) is 44.0 Å². The summed E-state index contributed by atoms with van der Waals surface area (Å²) in [5.41, 5.74) is 2.95. The highest BCUT2D eigenvalue weighted by Gasteiger charge is 2.21. The van der Waals surface area contributed by atoms with Crippen LogP contribution in [-0.2, 0) is 13.2 Å². The van der Waals surface area contributed by atoms with Crippen LogP contribution in [0, 0.1) is 6.92 Å². The lowest BCUT2D eigenvalue weighted by atomic mass is 10.2. The molecule has 1 aromatic heterocycles. The van der Waals surface area contributed by atoms with E-state index in [1.165, 1.54) is 12.8 Å². The maximum atomic E-state index is 6.30. The van der Waals surface area contributed by atoms with Crippen LogP contribution in [0.25, 0.3) is 0 Å². The summed E-state index contributed by atoms with van der Waals surface area (Å²) < 4.78 is 5.92. The van der Waals surface area contributed by atoms with Gasteiger partial charge in [0.25, 0.3) is 0 Å². The van der Waals surface area contributed by atoms with Gasteiger partial charge in [-0.2, -0.15) is 0 Å². The molecule has 1 N–H and O–H groups in total. The number of aromatic nitrogens is 1. The van der Waals surface area contributed by atoms with E-state index in [0.717, 1.165) is 34.3 Å². The van der Waals surface area contributed by atoms with Crippen molar-refractivity contribution >= 4 is 11.6 Å². The molecule has 3 nitrogen and oxygen atoms in total. The predicted octanol–water partition coefficient (Wildman–Crippen LogP) is 3.87. The zero-order valence-corrected chi connectivity index (χ0v) is 12.9. The number of pyridine rings is 1. The van der Waals surface area contributed by atoms with E-state index >= 15 is 0 Å². The number of nitrogens with one attached hydrogen (secondary N) is 1. The zero-order chi connectivity index (χ0) is 14.7. The lowest BCUT2D eigenvalue weighted by Gasteiger charge is -2.13. The monoisotopic (exact) mass is 302 g/mol. The second-order valence-corrected chi connectivity index (χ2v) is 5.84. The van der Waals surface area contributed by atoms with Crippen molar-refractivity contribution in [3.8, 4) is 5.75 Å². The van der Waals surface area contributed by atoms with Crippen LogP contribution in [0.4, 0.5) is 0 Å². The van der Waals surface area contributed by atoms with Crippen LogP contribution < -0.4 is 10.1 Å². The summed E-state index contributed by atoms with van der Waals surface area (Å²) in [6, 6.07) is 12.4. The highest BCUT2D eigenvalue weighted by Crippen LogP contribution is 2.28. The van der Waals surface area contributed by atoms with Crippen molar-refractivity contribution in [1.82, 2.24) is 10.3 Å². The van der Waals surface area contributed by atoms with Crippen molar-refractivity contribution in [2.75, 3.05) is 0 Å². The number of nitrogens with zero attached hydrogens (tertiary/aromatic N) is 1. The molecule has 0 bridgehead atoms. The first-order valence-corrected chi connectivity index (χ1v) is 7.66. The van der Waals surface area contributed by atoms with Crippen LogP contribution in [0.3, 0.4) is 0 Å². The van der Waals surface area contributed by atoms with Gasteiger partial charge >= 0.3 is 0 Å². The molecule has 2 aromatic rings. The molecule has 0 amide bonds. The highest BCUT2D eigenvalue weighted by molar-refractivity contribution is 6.31. The largest absolute Gasteiger partial charge is 0.487 e. The van der Waals surface area contributed by atoms with E-state index in [1.54, 1.807) is 0 Å². The molecule has 1 aliphatic carbocycles. The van der Waals surface area contributed by atoms with Gasteiger partial charge in [-0.1, -0.05) is 23.7 Å². The minimum atomic E-state index is 0.457. The Bertz CT molecular complexity index is 626. The normalized spacial score (nSPS) is 14.2. The van der Waals surface area contributed by atoms with Gasteiger partial charge in [0.05, 0.1) is 5.69 Å². The Labute approximate surface area is 130 Å². The maximum Gasteiger partial charge on any atom is 0.130 e. The molecule has 0 spiro atoms. The van der Waals surface area contributed by atoms with Gasteiger partial charge in [-0.25, -0.2) is 0 Å². The van der Waals surface area contributed by atoms with Crippen LogP contribution in [0.1, 0.15) is 29.8 Å². The molecule has 0 atom stereocenters. The Morgan fingerprint density at radius 2 is 2.05 bits per heavy atom. The SMILES string of the molecule is Cc1cccc(COc2cccc(Cl)c2CNC2CC2)n1. The van der Waals surface area contributed by atoms with Crippen molar-refractivity contribution in [2.24, 2.45) is 0 Å². The predicted molar refractivity (Wildman–Crippen MR) is 84.6 cm³/mol. The van der Waals surface area contributed by atoms with E-state index in [-0.39, 0.29) is 0 Å². The molecular weight excluding hydrogens is 284 g/mol. The van der Waals surface area contributed by atoms with E-state index in [4.69, 9.17) is 16.3 Å². The Kier molecular flexibility index (Phi) is 4.42. The molecule has 0 saturated heterocycles. The third kappa shape index (κ3) is 3.96. The number of hydrogen-bond donors (Lipinski definition) is 1. The van der Waals surface area contributed by atoms with Gasteiger partial charge < -0.3 is 10.1 Å². The zero-order valence-electron chi connectivity index (χ0n) is 12.1. The van der Waals surface area contributed by atoms with Gasteiger partial charge in [0.2, 0.25) is 0 Å². The summed E-state index contributed by atoms with van der Waals surface area (Å²) in [6.07, 6.45) is 2.52. The topological polar surface area (TPSA) is 34.1 Å². The summed E-state index contributed by atoms with van der Waals surface area (Å²) in [6.45, 7) is 3.19. The lowest BCUT2D eigenvalue weighted by molar-refractivity contribution is 0.297. The number of benzene rings is 1. The van der Waals surface area contributed by atoms with E-state index in [9.17, 15) is 0 Å². The molecule has 110 valence electrons. The van der Waals surface area contributed by atoms with Crippen molar-refractivity contribution in [1.29, 1.82) is 0 Å². The number of ether oxygens (including phenoxy) is 1. The molecule has 1 aliphatic rings. The number of rotatable bonds is 6. The Morgan fingerprint density at radius 1 is 1.24 bits per heavy atom. The molecule has 0 radical (unpaired) electrons. The van der Waals surface area contributed by atoms with Crippen molar-refractivity contribution in [2.45, 2.75) is 39.0 Å². The Hall–Kier alpha value is -1.58. The fourth-order valence-electron chi connectivity index (χ4n) is 2.21. The minimum absolute atomic E-state index is 0.457. The lowest BCUT2D eigenvalue weighted by Crippen LogP contribution is -2.16. The van der Waals surface area contributed by atoms with Gasteiger partial charge in [0.15, 0.2) is 0 Å².